The van der Waals surface area contributed by atoms with Crippen molar-refractivity contribution in [2.45, 2.75) is 6.92 Å². The summed E-state index contributed by atoms with van der Waals surface area (Å²) in [4.78, 5) is 18.4. The predicted octanol–water partition coefficient (Wildman–Crippen LogP) is 2.79. The molecule has 0 radical (unpaired) electrons. The molecule has 0 aliphatic carbocycles. The maximum atomic E-state index is 12.5. The highest BCUT2D eigenvalue weighted by Gasteiger charge is 2.16. The van der Waals surface area contributed by atoms with Crippen molar-refractivity contribution < 1.29 is 4.79 Å². The molecule has 1 N–H and O–H groups in total. The first-order valence-electron chi connectivity index (χ1n) is 6.27. The van der Waals surface area contributed by atoms with Crippen LogP contribution < -0.4 is 10.2 Å². The maximum Gasteiger partial charge on any atom is 0.258 e. The Kier molecular flexibility index (Phi) is 4.13. The smallest absolute Gasteiger partial charge is 0.258 e. The average Bonchev–Trinajstić information content (AvgIpc) is 2.49. The zero-order valence-corrected chi connectivity index (χ0v) is 11.1. The number of hydrogen-bond acceptors (Lipinski definition) is 3. The number of aromatic nitrogens is 1. The third kappa shape index (κ3) is 2.91. The van der Waals surface area contributed by atoms with Crippen molar-refractivity contribution in [3.63, 3.8) is 0 Å². The van der Waals surface area contributed by atoms with Crippen molar-refractivity contribution in [3.05, 3.63) is 54.2 Å². The predicted molar refractivity (Wildman–Crippen MR) is 77.6 cm³/mol. The Labute approximate surface area is 113 Å². The number of amides is 1. The molecule has 0 saturated carbocycles. The van der Waals surface area contributed by atoms with Crippen molar-refractivity contribution in [1.29, 1.82) is 0 Å². The standard InChI is InChI=1S/C15H17N3O/c1-3-18(13-7-5-4-6-8-13)15(19)12-9-10-17-14(11-12)16-2/h4-11H,3H2,1-2H3,(H,16,17). The van der Waals surface area contributed by atoms with Gasteiger partial charge in [-0.3, -0.25) is 4.79 Å². The summed E-state index contributed by atoms with van der Waals surface area (Å²) in [6, 6.07) is 13.1. The Hall–Kier alpha value is -2.36. The summed E-state index contributed by atoms with van der Waals surface area (Å²) in [7, 11) is 1.78. The van der Waals surface area contributed by atoms with E-state index in [1.54, 1.807) is 30.3 Å². The van der Waals surface area contributed by atoms with Gasteiger partial charge in [0.2, 0.25) is 0 Å². The molecule has 0 atom stereocenters. The third-order valence-corrected chi connectivity index (χ3v) is 2.89. The van der Waals surface area contributed by atoms with Gasteiger partial charge in [-0.05, 0) is 31.2 Å². The number of hydrogen-bond donors (Lipinski definition) is 1. The minimum Gasteiger partial charge on any atom is -0.373 e. The molecular weight excluding hydrogens is 238 g/mol. The number of rotatable bonds is 4. The van der Waals surface area contributed by atoms with Crippen LogP contribution in [0.25, 0.3) is 0 Å². The number of anilines is 2. The van der Waals surface area contributed by atoms with E-state index in [0.717, 1.165) is 5.69 Å². The number of carbonyl (C=O) groups is 1. The van der Waals surface area contributed by atoms with Crippen LogP contribution in [0.2, 0.25) is 0 Å². The maximum absolute atomic E-state index is 12.5. The van der Waals surface area contributed by atoms with Gasteiger partial charge in [-0.1, -0.05) is 18.2 Å². The van der Waals surface area contributed by atoms with E-state index in [-0.39, 0.29) is 5.91 Å². The molecule has 0 fully saturated rings. The molecule has 98 valence electrons. The molecule has 0 unspecified atom stereocenters. The summed E-state index contributed by atoms with van der Waals surface area (Å²) in [5.41, 5.74) is 1.53. The minimum absolute atomic E-state index is 0.0207. The summed E-state index contributed by atoms with van der Waals surface area (Å²) < 4.78 is 0. The van der Waals surface area contributed by atoms with Gasteiger partial charge in [0.25, 0.3) is 5.91 Å². The summed E-state index contributed by atoms with van der Waals surface area (Å²) in [6.07, 6.45) is 1.64. The lowest BCUT2D eigenvalue weighted by atomic mass is 10.2. The zero-order chi connectivity index (χ0) is 13.7. The van der Waals surface area contributed by atoms with Crippen LogP contribution in [0.5, 0.6) is 0 Å². The van der Waals surface area contributed by atoms with Crippen molar-refractivity contribution in [3.8, 4) is 0 Å². The Morgan fingerprint density at radius 3 is 2.63 bits per heavy atom. The first-order chi connectivity index (χ1) is 9.26. The van der Waals surface area contributed by atoms with Gasteiger partial charge in [-0.2, -0.15) is 0 Å². The third-order valence-electron chi connectivity index (χ3n) is 2.89. The largest absolute Gasteiger partial charge is 0.373 e. The quantitative estimate of drug-likeness (QED) is 0.913. The van der Waals surface area contributed by atoms with E-state index in [2.05, 4.69) is 10.3 Å². The van der Waals surface area contributed by atoms with E-state index in [9.17, 15) is 4.79 Å². The highest BCUT2D eigenvalue weighted by atomic mass is 16.2. The molecule has 0 bridgehead atoms. The molecule has 1 amide bonds. The second kappa shape index (κ2) is 6.00. The van der Waals surface area contributed by atoms with Crippen molar-refractivity contribution in [1.82, 2.24) is 4.98 Å². The normalized spacial score (nSPS) is 10.0. The van der Waals surface area contributed by atoms with Gasteiger partial charge in [0.05, 0.1) is 0 Å². The van der Waals surface area contributed by atoms with Gasteiger partial charge in [0, 0.05) is 31.0 Å². The number of para-hydroxylation sites is 1. The van der Waals surface area contributed by atoms with Crippen LogP contribution in [0, 0.1) is 0 Å². The highest BCUT2D eigenvalue weighted by Crippen LogP contribution is 2.17. The van der Waals surface area contributed by atoms with E-state index in [1.807, 2.05) is 37.3 Å². The van der Waals surface area contributed by atoms with Crippen LogP contribution in [0.3, 0.4) is 0 Å². The molecule has 0 aliphatic rings. The highest BCUT2D eigenvalue weighted by molar-refractivity contribution is 6.06. The van der Waals surface area contributed by atoms with E-state index < -0.39 is 0 Å². The number of pyridine rings is 1. The second-order valence-electron chi connectivity index (χ2n) is 4.06. The van der Waals surface area contributed by atoms with Gasteiger partial charge < -0.3 is 10.2 Å². The fourth-order valence-electron chi connectivity index (χ4n) is 1.91. The zero-order valence-electron chi connectivity index (χ0n) is 11.1. The van der Waals surface area contributed by atoms with Gasteiger partial charge in [0.1, 0.15) is 5.82 Å². The van der Waals surface area contributed by atoms with Crippen molar-refractivity contribution >= 4 is 17.4 Å². The number of benzene rings is 1. The van der Waals surface area contributed by atoms with Crippen LogP contribution in [0.15, 0.2) is 48.7 Å². The van der Waals surface area contributed by atoms with E-state index in [1.165, 1.54) is 0 Å². The van der Waals surface area contributed by atoms with Crippen LogP contribution >= 0.6 is 0 Å². The molecular formula is C15H17N3O. The Balaban J connectivity index is 2.30. The Bertz CT molecular complexity index is 554. The summed E-state index contributed by atoms with van der Waals surface area (Å²) in [5.74, 6) is 0.669. The fourth-order valence-corrected chi connectivity index (χ4v) is 1.91. The summed E-state index contributed by atoms with van der Waals surface area (Å²) >= 11 is 0. The fraction of sp³-hybridized carbons (Fsp3) is 0.200. The average molecular weight is 255 g/mol. The molecule has 1 aromatic carbocycles. The molecule has 1 heterocycles. The van der Waals surface area contributed by atoms with E-state index >= 15 is 0 Å². The summed E-state index contributed by atoms with van der Waals surface area (Å²) in [5, 5.41) is 2.94. The van der Waals surface area contributed by atoms with Crippen molar-refractivity contribution in [2.24, 2.45) is 0 Å². The van der Waals surface area contributed by atoms with Crippen molar-refractivity contribution in [2.75, 3.05) is 23.8 Å². The molecule has 0 spiro atoms. The van der Waals surface area contributed by atoms with Crippen LogP contribution in [0.4, 0.5) is 11.5 Å². The number of nitrogens with zero attached hydrogens (tertiary/aromatic N) is 2. The lowest BCUT2D eigenvalue weighted by Gasteiger charge is -2.21. The van der Waals surface area contributed by atoms with Gasteiger partial charge in [0.15, 0.2) is 0 Å². The Morgan fingerprint density at radius 2 is 2.00 bits per heavy atom. The second-order valence-corrected chi connectivity index (χ2v) is 4.06. The van der Waals surface area contributed by atoms with Gasteiger partial charge in [-0.15, -0.1) is 0 Å². The van der Waals surface area contributed by atoms with Crippen LogP contribution in [0.1, 0.15) is 17.3 Å². The van der Waals surface area contributed by atoms with Crippen LogP contribution in [-0.2, 0) is 0 Å². The lowest BCUT2D eigenvalue weighted by Crippen LogP contribution is -2.30. The van der Waals surface area contributed by atoms with E-state index in [0.29, 0.717) is 17.9 Å². The Morgan fingerprint density at radius 1 is 1.26 bits per heavy atom. The molecule has 1 aromatic heterocycles. The number of carbonyl (C=O) groups excluding carboxylic acids is 1. The molecule has 0 aliphatic heterocycles. The molecule has 0 saturated heterocycles. The van der Waals surface area contributed by atoms with Gasteiger partial charge in [-0.25, -0.2) is 4.98 Å². The number of nitrogens with one attached hydrogen (secondary N) is 1. The van der Waals surface area contributed by atoms with Gasteiger partial charge >= 0.3 is 0 Å². The minimum atomic E-state index is -0.0207. The molecule has 2 rings (SSSR count). The SMILES string of the molecule is CCN(C(=O)c1ccnc(NC)c1)c1ccccc1. The molecule has 2 aromatic rings. The topological polar surface area (TPSA) is 45.2 Å². The lowest BCUT2D eigenvalue weighted by molar-refractivity contribution is 0.0988. The first kappa shape index (κ1) is 13.1. The van der Waals surface area contributed by atoms with E-state index in [4.69, 9.17) is 0 Å². The first-order valence-corrected chi connectivity index (χ1v) is 6.27. The molecule has 4 heteroatoms. The summed E-state index contributed by atoms with van der Waals surface area (Å²) in [6.45, 7) is 2.59. The van der Waals surface area contributed by atoms with Crippen LogP contribution in [-0.4, -0.2) is 24.5 Å². The monoisotopic (exact) mass is 255 g/mol. The molecule has 19 heavy (non-hydrogen) atoms. The molecule has 4 nitrogen and oxygen atoms in total.